The second-order valence-electron chi connectivity index (χ2n) is 10.2. The van der Waals surface area contributed by atoms with Crippen molar-refractivity contribution in [3.8, 4) is 11.5 Å². The highest BCUT2D eigenvalue weighted by atomic mass is 16.6. The number of carbonyl (C=O) groups is 1. The molecule has 0 aromatic heterocycles. The third kappa shape index (κ3) is 5.38. The molecule has 1 amide bonds. The van der Waals surface area contributed by atoms with Gasteiger partial charge < -0.3 is 25.2 Å². The summed E-state index contributed by atoms with van der Waals surface area (Å²) in [6.07, 6.45) is 8.53. The Bertz CT molecular complexity index is 1200. The molecule has 0 saturated carbocycles. The van der Waals surface area contributed by atoms with Gasteiger partial charge >= 0.3 is 0 Å². The second-order valence-corrected chi connectivity index (χ2v) is 10.2. The average molecular weight is 477 g/mol. The topological polar surface area (TPSA) is 85.3 Å². The first-order valence-corrected chi connectivity index (χ1v) is 12.3. The quantitative estimate of drug-likeness (QED) is 0.170. The largest absolute Gasteiger partial charge is 0.508 e. The fourth-order valence-electron chi connectivity index (χ4n) is 4.77. The van der Waals surface area contributed by atoms with E-state index in [4.69, 9.17) is 4.74 Å². The lowest BCUT2D eigenvalue weighted by Gasteiger charge is -2.23. The molecule has 186 valence electrons. The normalized spacial score (nSPS) is 21.1. The standard InChI is InChI=1S/C29H36N2O4/c1-18(2)8-7-14-29(5)25(35-29)12-11-19(3)13-15-31-23-17-21(32)16-20(4)26(23)30-27-22(28(31)34)9-6-10-24(27)33/h6,8-10,13,16-17,25,30,32-33H,7,11-12,14-15H2,1-5H3. The van der Waals surface area contributed by atoms with Gasteiger partial charge in [0.1, 0.15) is 11.5 Å². The highest BCUT2D eigenvalue weighted by molar-refractivity contribution is 6.15. The Labute approximate surface area is 207 Å². The van der Waals surface area contributed by atoms with Gasteiger partial charge in [-0.15, -0.1) is 0 Å². The summed E-state index contributed by atoms with van der Waals surface area (Å²) in [7, 11) is 0. The fraction of sp³-hybridized carbons (Fsp3) is 0.414. The molecule has 35 heavy (non-hydrogen) atoms. The molecule has 0 aliphatic carbocycles. The number of fused-ring (bicyclic) bond motifs is 2. The van der Waals surface area contributed by atoms with E-state index in [0.717, 1.165) is 31.2 Å². The maximum Gasteiger partial charge on any atom is 0.260 e. The highest BCUT2D eigenvalue weighted by Gasteiger charge is 2.50. The zero-order valence-corrected chi connectivity index (χ0v) is 21.3. The van der Waals surface area contributed by atoms with E-state index in [-0.39, 0.29) is 29.1 Å². The summed E-state index contributed by atoms with van der Waals surface area (Å²) in [6, 6.07) is 8.16. The van der Waals surface area contributed by atoms with Crippen LogP contribution in [0.15, 0.2) is 53.6 Å². The van der Waals surface area contributed by atoms with Crippen LogP contribution < -0.4 is 10.2 Å². The molecule has 1 saturated heterocycles. The van der Waals surface area contributed by atoms with Crippen LogP contribution >= 0.6 is 0 Å². The summed E-state index contributed by atoms with van der Waals surface area (Å²) >= 11 is 0. The van der Waals surface area contributed by atoms with Crippen LogP contribution in [0.2, 0.25) is 0 Å². The average Bonchev–Trinajstić information content (AvgIpc) is 3.46. The molecule has 0 spiro atoms. The van der Waals surface area contributed by atoms with Crippen LogP contribution in [0.1, 0.15) is 69.3 Å². The number of aromatic hydroxyl groups is 2. The molecule has 0 radical (unpaired) electrons. The van der Waals surface area contributed by atoms with Gasteiger partial charge in [0.25, 0.3) is 5.91 Å². The third-order valence-corrected chi connectivity index (χ3v) is 7.01. The zero-order chi connectivity index (χ0) is 25.3. The molecule has 0 bridgehead atoms. The number of nitrogens with one attached hydrogen (secondary N) is 1. The van der Waals surface area contributed by atoms with Crippen LogP contribution in [0.4, 0.5) is 17.1 Å². The van der Waals surface area contributed by atoms with Crippen LogP contribution in [0.3, 0.4) is 0 Å². The minimum Gasteiger partial charge on any atom is -0.508 e. The minimum atomic E-state index is -0.228. The number of carbonyl (C=O) groups excluding carboxylic acids is 1. The van der Waals surface area contributed by atoms with E-state index < -0.39 is 0 Å². The summed E-state index contributed by atoms with van der Waals surface area (Å²) in [4.78, 5) is 15.2. The van der Waals surface area contributed by atoms with Gasteiger partial charge in [-0.05, 0) is 84.1 Å². The molecular formula is C29H36N2O4. The number of phenolic OH excluding ortho intramolecular Hbond substituents is 2. The number of hydrogen-bond donors (Lipinski definition) is 3. The first-order valence-electron chi connectivity index (χ1n) is 12.3. The van der Waals surface area contributed by atoms with Crippen molar-refractivity contribution < 1.29 is 19.7 Å². The smallest absolute Gasteiger partial charge is 0.260 e. The molecule has 6 heteroatoms. The monoisotopic (exact) mass is 476 g/mol. The highest BCUT2D eigenvalue weighted by Crippen LogP contribution is 2.44. The fourth-order valence-corrected chi connectivity index (χ4v) is 4.77. The van der Waals surface area contributed by atoms with Gasteiger partial charge in [0.05, 0.1) is 34.3 Å². The lowest BCUT2D eigenvalue weighted by molar-refractivity contribution is 0.0991. The molecule has 2 atom stereocenters. The Balaban J connectivity index is 1.49. The number of anilines is 3. The number of allylic oxidation sites excluding steroid dienone is 3. The summed E-state index contributed by atoms with van der Waals surface area (Å²) in [6.45, 7) is 10.7. The van der Waals surface area contributed by atoms with E-state index in [1.165, 1.54) is 11.1 Å². The van der Waals surface area contributed by atoms with Gasteiger partial charge in [-0.3, -0.25) is 4.79 Å². The van der Waals surface area contributed by atoms with E-state index in [2.05, 4.69) is 45.2 Å². The predicted molar refractivity (Wildman–Crippen MR) is 141 cm³/mol. The van der Waals surface area contributed by atoms with Gasteiger partial charge in [-0.25, -0.2) is 0 Å². The molecule has 1 fully saturated rings. The first kappa shape index (κ1) is 24.9. The van der Waals surface area contributed by atoms with Crippen molar-refractivity contribution in [3.05, 3.63) is 64.8 Å². The molecule has 2 unspecified atom stereocenters. The second kappa shape index (κ2) is 9.78. The van der Waals surface area contributed by atoms with E-state index in [9.17, 15) is 15.0 Å². The van der Waals surface area contributed by atoms with Crippen molar-refractivity contribution in [1.29, 1.82) is 0 Å². The molecule has 2 heterocycles. The van der Waals surface area contributed by atoms with E-state index in [0.29, 0.717) is 29.2 Å². The van der Waals surface area contributed by atoms with Crippen LogP contribution in [0.25, 0.3) is 0 Å². The SMILES string of the molecule is CC(C)=CCCC1(C)OC1CCC(C)=CCN1C(=O)c2cccc(O)c2Nc2c(C)cc(O)cc21. The number of epoxide rings is 1. The van der Waals surface area contributed by atoms with Crippen molar-refractivity contribution in [2.45, 2.75) is 72.0 Å². The number of nitrogens with zero attached hydrogens (tertiary/aromatic N) is 1. The van der Waals surface area contributed by atoms with Crippen molar-refractivity contribution in [1.82, 2.24) is 0 Å². The maximum absolute atomic E-state index is 13.5. The summed E-state index contributed by atoms with van der Waals surface area (Å²) < 4.78 is 6.01. The first-order chi connectivity index (χ1) is 16.6. The summed E-state index contributed by atoms with van der Waals surface area (Å²) in [5.41, 5.74) is 5.34. The van der Waals surface area contributed by atoms with Crippen LogP contribution in [-0.2, 0) is 4.74 Å². The van der Waals surface area contributed by atoms with E-state index in [1.807, 2.05) is 6.92 Å². The van der Waals surface area contributed by atoms with Gasteiger partial charge in [0.2, 0.25) is 0 Å². The molecule has 3 N–H and O–H groups in total. The van der Waals surface area contributed by atoms with Gasteiger partial charge in [0, 0.05) is 12.6 Å². The molecule has 4 rings (SSSR count). The molecule has 2 aromatic rings. The van der Waals surface area contributed by atoms with Gasteiger partial charge in [0.15, 0.2) is 0 Å². The zero-order valence-electron chi connectivity index (χ0n) is 21.3. The van der Waals surface area contributed by atoms with E-state index >= 15 is 0 Å². The van der Waals surface area contributed by atoms with Crippen LogP contribution in [-0.4, -0.2) is 34.4 Å². The number of ether oxygens (including phenoxy) is 1. The van der Waals surface area contributed by atoms with Crippen molar-refractivity contribution in [3.63, 3.8) is 0 Å². The number of amides is 1. The van der Waals surface area contributed by atoms with Crippen molar-refractivity contribution >= 4 is 23.0 Å². The van der Waals surface area contributed by atoms with Gasteiger partial charge in [-0.2, -0.15) is 0 Å². The number of aryl methyl sites for hydroxylation is 1. The molecule has 6 nitrogen and oxygen atoms in total. The molecule has 2 aliphatic heterocycles. The van der Waals surface area contributed by atoms with Crippen molar-refractivity contribution in [2.24, 2.45) is 0 Å². The Morgan fingerprint density at radius 1 is 1.17 bits per heavy atom. The Kier molecular flexibility index (Phi) is 6.95. The number of rotatable bonds is 8. The van der Waals surface area contributed by atoms with Crippen LogP contribution in [0.5, 0.6) is 11.5 Å². The number of benzene rings is 2. The third-order valence-electron chi connectivity index (χ3n) is 7.01. The summed E-state index contributed by atoms with van der Waals surface area (Å²) in [5.74, 6) is -0.122. The minimum absolute atomic E-state index is 0.0138. The van der Waals surface area contributed by atoms with Crippen molar-refractivity contribution in [2.75, 3.05) is 16.8 Å². The Morgan fingerprint density at radius 3 is 2.69 bits per heavy atom. The summed E-state index contributed by atoms with van der Waals surface area (Å²) in [5, 5.41) is 23.9. The Hall–Kier alpha value is -3.25. The number of para-hydroxylation sites is 1. The predicted octanol–water partition coefficient (Wildman–Crippen LogP) is 6.74. The Morgan fingerprint density at radius 2 is 1.94 bits per heavy atom. The molecule has 2 aromatic carbocycles. The number of phenols is 2. The molecule has 2 aliphatic rings. The lowest BCUT2D eigenvalue weighted by atomic mass is 9.96. The lowest BCUT2D eigenvalue weighted by Crippen LogP contribution is -2.30. The van der Waals surface area contributed by atoms with Crippen LogP contribution in [0, 0.1) is 6.92 Å². The van der Waals surface area contributed by atoms with E-state index in [1.54, 1.807) is 35.2 Å². The van der Waals surface area contributed by atoms with Gasteiger partial charge in [-0.1, -0.05) is 29.4 Å². The molecular weight excluding hydrogens is 440 g/mol. The number of hydrogen-bond acceptors (Lipinski definition) is 5. The maximum atomic E-state index is 13.5.